The van der Waals surface area contributed by atoms with Gasteiger partial charge in [0.05, 0.1) is 6.04 Å². The lowest BCUT2D eigenvalue weighted by Crippen LogP contribution is -2.37. The van der Waals surface area contributed by atoms with Crippen LogP contribution in [0.4, 0.5) is 4.79 Å². The molecule has 1 heterocycles. The Labute approximate surface area is 204 Å². The van der Waals surface area contributed by atoms with E-state index < -0.39 is 0 Å². The van der Waals surface area contributed by atoms with Gasteiger partial charge in [-0.25, -0.2) is 4.79 Å². The molecule has 1 fully saturated rings. The second-order valence-electron chi connectivity index (χ2n) is 9.86. The molecule has 0 radical (unpaired) electrons. The van der Waals surface area contributed by atoms with Crippen LogP contribution in [0.5, 0.6) is 0 Å². The summed E-state index contributed by atoms with van der Waals surface area (Å²) in [6, 6.07) is 31.1. The molecule has 0 bridgehead atoms. The summed E-state index contributed by atoms with van der Waals surface area (Å²) in [7, 11) is 0. The third kappa shape index (κ3) is 5.41. The van der Waals surface area contributed by atoms with Gasteiger partial charge in [0.1, 0.15) is 6.61 Å². The van der Waals surface area contributed by atoms with Gasteiger partial charge in [0, 0.05) is 12.0 Å². The minimum atomic E-state index is -0.284. The first-order valence-corrected chi connectivity index (χ1v) is 12.2. The van der Waals surface area contributed by atoms with E-state index in [1.165, 1.54) is 16.7 Å². The van der Waals surface area contributed by atoms with Crippen LogP contribution in [-0.2, 0) is 16.8 Å². The highest BCUT2D eigenvalue weighted by Gasteiger charge is 2.48. The van der Waals surface area contributed by atoms with E-state index in [-0.39, 0.29) is 24.2 Å². The molecule has 0 spiro atoms. The second kappa shape index (κ2) is 10.7. The van der Waals surface area contributed by atoms with Crippen molar-refractivity contribution in [3.05, 3.63) is 119 Å². The van der Waals surface area contributed by atoms with E-state index in [0.29, 0.717) is 12.5 Å². The monoisotopic (exact) mass is 453 g/mol. The summed E-state index contributed by atoms with van der Waals surface area (Å²) in [5.41, 5.74) is 4.50. The Morgan fingerprint density at radius 2 is 1.47 bits per heavy atom. The van der Waals surface area contributed by atoms with Crippen LogP contribution in [0.25, 0.3) is 0 Å². The van der Waals surface area contributed by atoms with E-state index in [1.807, 2.05) is 47.4 Å². The van der Waals surface area contributed by atoms with Crippen LogP contribution < -0.4 is 0 Å². The second-order valence-corrected chi connectivity index (χ2v) is 9.86. The van der Waals surface area contributed by atoms with E-state index in [2.05, 4.69) is 75.4 Å². The highest BCUT2D eigenvalue weighted by Crippen LogP contribution is 2.44. The van der Waals surface area contributed by atoms with Gasteiger partial charge in [0.15, 0.2) is 0 Å². The number of likely N-dealkylation sites (tertiary alicyclic amines) is 1. The Morgan fingerprint density at radius 1 is 0.941 bits per heavy atom. The van der Waals surface area contributed by atoms with Gasteiger partial charge in [-0.1, -0.05) is 116 Å². The molecular weight excluding hydrogens is 418 g/mol. The minimum Gasteiger partial charge on any atom is -0.445 e. The van der Waals surface area contributed by atoms with E-state index in [0.717, 1.165) is 18.4 Å². The van der Waals surface area contributed by atoms with Crippen LogP contribution in [0.3, 0.4) is 0 Å². The van der Waals surface area contributed by atoms with E-state index in [9.17, 15) is 4.79 Å². The van der Waals surface area contributed by atoms with E-state index >= 15 is 0 Å². The normalized spacial score (nSPS) is 17.7. The molecule has 1 aliphatic rings. The molecule has 0 N–H and O–H groups in total. The number of rotatable bonds is 7. The van der Waals surface area contributed by atoms with Crippen molar-refractivity contribution in [2.75, 3.05) is 6.54 Å². The van der Waals surface area contributed by atoms with Gasteiger partial charge in [-0.3, -0.25) is 0 Å². The average molecular weight is 454 g/mol. The quantitative estimate of drug-likeness (QED) is 0.349. The first kappa shape index (κ1) is 23.8. The first-order valence-electron chi connectivity index (χ1n) is 12.2. The van der Waals surface area contributed by atoms with E-state index in [1.54, 1.807) is 0 Å². The fourth-order valence-corrected chi connectivity index (χ4v) is 5.23. The van der Waals surface area contributed by atoms with Crippen LogP contribution in [0.1, 0.15) is 50.3 Å². The molecule has 3 aromatic carbocycles. The van der Waals surface area contributed by atoms with Gasteiger partial charge in [0.25, 0.3) is 0 Å². The van der Waals surface area contributed by atoms with Crippen LogP contribution in [0, 0.1) is 5.92 Å². The maximum atomic E-state index is 13.5. The summed E-state index contributed by atoms with van der Waals surface area (Å²) < 4.78 is 5.83. The van der Waals surface area contributed by atoms with Crippen LogP contribution >= 0.6 is 0 Å². The molecule has 3 nitrogen and oxygen atoms in total. The zero-order valence-electron chi connectivity index (χ0n) is 20.5. The van der Waals surface area contributed by atoms with Crippen LogP contribution in [0.2, 0.25) is 0 Å². The number of ether oxygens (including phenoxy) is 1. The first-order chi connectivity index (χ1) is 16.5. The molecule has 1 atom stereocenters. The fourth-order valence-electron chi connectivity index (χ4n) is 5.23. The van der Waals surface area contributed by atoms with Gasteiger partial charge < -0.3 is 9.64 Å². The fraction of sp³-hybridized carbons (Fsp3) is 0.323. The van der Waals surface area contributed by atoms with Crippen LogP contribution in [-0.4, -0.2) is 23.6 Å². The zero-order valence-corrected chi connectivity index (χ0v) is 20.5. The molecule has 1 amide bonds. The van der Waals surface area contributed by atoms with Crippen molar-refractivity contribution in [2.45, 2.75) is 51.7 Å². The number of nitrogens with zero attached hydrogens (tertiary/aromatic N) is 1. The SMILES string of the molecule is C/C(=C\[C@H]1CC(c2ccccc2)(c2ccccc2)CN1C(=O)OCc1ccccc1)CC(C)C. The Balaban J connectivity index is 1.69. The summed E-state index contributed by atoms with van der Waals surface area (Å²) in [5, 5.41) is 0. The summed E-state index contributed by atoms with van der Waals surface area (Å²) >= 11 is 0. The molecule has 0 aliphatic carbocycles. The number of carbonyl (C=O) groups excluding carboxylic acids is 1. The predicted octanol–water partition coefficient (Wildman–Crippen LogP) is 7.38. The summed E-state index contributed by atoms with van der Waals surface area (Å²) in [4.78, 5) is 15.4. The number of benzene rings is 3. The third-order valence-electron chi connectivity index (χ3n) is 6.70. The Kier molecular flexibility index (Phi) is 7.52. The molecule has 34 heavy (non-hydrogen) atoms. The Bertz CT molecular complexity index is 1050. The zero-order chi connectivity index (χ0) is 24.0. The van der Waals surface area contributed by atoms with Gasteiger partial charge in [-0.15, -0.1) is 0 Å². The summed E-state index contributed by atoms with van der Waals surface area (Å²) in [5.74, 6) is 0.573. The lowest BCUT2D eigenvalue weighted by molar-refractivity contribution is 0.0962. The Morgan fingerprint density at radius 3 is 2.00 bits per heavy atom. The number of amides is 1. The lowest BCUT2D eigenvalue weighted by atomic mass is 9.73. The van der Waals surface area contributed by atoms with E-state index in [4.69, 9.17) is 4.74 Å². The molecule has 0 unspecified atom stereocenters. The van der Waals surface area contributed by atoms with Crippen molar-refractivity contribution >= 4 is 6.09 Å². The van der Waals surface area contributed by atoms with Crippen molar-refractivity contribution in [1.29, 1.82) is 0 Å². The largest absolute Gasteiger partial charge is 0.445 e. The molecule has 1 aliphatic heterocycles. The van der Waals surface area contributed by atoms with Crippen molar-refractivity contribution < 1.29 is 9.53 Å². The number of allylic oxidation sites excluding steroid dienone is 1. The third-order valence-corrected chi connectivity index (χ3v) is 6.70. The molecule has 3 aromatic rings. The van der Waals surface area contributed by atoms with Gasteiger partial charge >= 0.3 is 6.09 Å². The summed E-state index contributed by atoms with van der Waals surface area (Å²) in [6.45, 7) is 7.51. The summed E-state index contributed by atoms with van der Waals surface area (Å²) in [6.07, 6.45) is 3.89. The lowest BCUT2D eigenvalue weighted by Gasteiger charge is -2.30. The molecule has 0 aromatic heterocycles. The highest BCUT2D eigenvalue weighted by atomic mass is 16.6. The van der Waals surface area contributed by atoms with Crippen molar-refractivity contribution in [3.8, 4) is 0 Å². The average Bonchev–Trinajstić information content (AvgIpc) is 3.24. The minimum absolute atomic E-state index is 0.0255. The molecule has 0 saturated carbocycles. The maximum absolute atomic E-state index is 13.5. The molecule has 176 valence electrons. The van der Waals surface area contributed by atoms with Gasteiger partial charge in [0.2, 0.25) is 0 Å². The number of carbonyl (C=O) groups is 1. The van der Waals surface area contributed by atoms with Gasteiger partial charge in [-0.2, -0.15) is 0 Å². The predicted molar refractivity (Wildman–Crippen MR) is 139 cm³/mol. The maximum Gasteiger partial charge on any atom is 0.410 e. The number of hydrogen-bond donors (Lipinski definition) is 0. The van der Waals surface area contributed by atoms with Crippen molar-refractivity contribution in [2.24, 2.45) is 5.92 Å². The van der Waals surface area contributed by atoms with Crippen molar-refractivity contribution in [1.82, 2.24) is 4.90 Å². The molecular formula is C31H35NO2. The van der Waals surface area contributed by atoms with Crippen molar-refractivity contribution in [3.63, 3.8) is 0 Å². The Hall–Kier alpha value is -3.33. The molecule has 1 saturated heterocycles. The van der Waals surface area contributed by atoms with Crippen LogP contribution in [0.15, 0.2) is 103 Å². The molecule has 4 rings (SSSR count). The van der Waals surface area contributed by atoms with Gasteiger partial charge in [-0.05, 0) is 42.4 Å². The molecule has 3 heteroatoms. The highest BCUT2D eigenvalue weighted by molar-refractivity contribution is 5.70. The topological polar surface area (TPSA) is 29.5 Å². The smallest absolute Gasteiger partial charge is 0.410 e. The number of hydrogen-bond acceptors (Lipinski definition) is 2. The standard InChI is InChI=1S/C31H35NO2/c1-24(2)19-25(3)20-29-21-31(27-15-9-5-10-16-27,28-17-11-6-12-18-28)23-32(29)30(33)34-22-26-13-7-4-8-14-26/h4-18,20,24,29H,19,21-23H2,1-3H3/b25-20+/t29-/m0/s1.